The van der Waals surface area contributed by atoms with Crippen molar-refractivity contribution >= 4 is 17.9 Å². The van der Waals surface area contributed by atoms with Crippen molar-refractivity contribution in [2.75, 3.05) is 7.05 Å². The first-order valence-electron chi connectivity index (χ1n) is 10.5. The summed E-state index contributed by atoms with van der Waals surface area (Å²) in [6, 6.07) is 8.15. The predicted octanol–water partition coefficient (Wildman–Crippen LogP) is 4.45. The van der Waals surface area contributed by atoms with E-state index in [2.05, 4.69) is 15.3 Å². The van der Waals surface area contributed by atoms with E-state index in [1.807, 2.05) is 6.07 Å². The zero-order valence-electron chi connectivity index (χ0n) is 18.5. The van der Waals surface area contributed by atoms with Gasteiger partial charge in [-0.1, -0.05) is 24.3 Å². The second kappa shape index (κ2) is 11.3. The van der Waals surface area contributed by atoms with Crippen molar-refractivity contribution < 1.29 is 22.7 Å². The molecule has 0 aliphatic heterocycles. The fourth-order valence-electron chi connectivity index (χ4n) is 3.14. The monoisotopic (exact) mass is 470 g/mol. The zero-order chi connectivity index (χ0) is 24.6. The number of hydrogen-bond donors (Lipinski definition) is 3. The van der Waals surface area contributed by atoms with Crippen LogP contribution in [0.3, 0.4) is 0 Å². The highest BCUT2D eigenvalue weighted by molar-refractivity contribution is 5.84. The number of aromatic amines is 1. The molecule has 0 saturated heterocycles. The predicted molar refractivity (Wildman–Crippen MR) is 126 cm³/mol. The Balaban J connectivity index is 1.59. The smallest absolute Gasteiger partial charge is 0.416 e. The first-order valence-corrected chi connectivity index (χ1v) is 10.5. The number of aliphatic imine (C=N–C) groups is 1. The first-order chi connectivity index (χ1) is 16.3. The van der Waals surface area contributed by atoms with Gasteiger partial charge in [0.1, 0.15) is 11.5 Å². The van der Waals surface area contributed by atoms with Crippen LogP contribution in [0.5, 0.6) is 5.75 Å². The van der Waals surface area contributed by atoms with E-state index in [4.69, 9.17) is 10.5 Å². The summed E-state index contributed by atoms with van der Waals surface area (Å²) in [4.78, 5) is 19.4. The average Bonchev–Trinajstić information content (AvgIpc) is 3.23. The third-order valence-electron chi connectivity index (χ3n) is 4.91. The second-order valence-corrected chi connectivity index (χ2v) is 7.50. The van der Waals surface area contributed by atoms with Gasteiger partial charge in [-0.05, 0) is 48.4 Å². The van der Waals surface area contributed by atoms with Crippen LogP contribution in [0.25, 0.3) is 5.76 Å². The topological polar surface area (TPSA) is 92.5 Å². The van der Waals surface area contributed by atoms with E-state index in [1.54, 1.807) is 56.0 Å². The maximum Gasteiger partial charge on any atom is 0.416 e. The van der Waals surface area contributed by atoms with Gasteiger partial charge in [-0.3, -0.25) is 9.79 Å². The van der Waals surface area contributed by atoms with Crippen LogP contribution >= 0.6 is 0 Å². The van der Waals surface area contributed by atoms with Crippen LogP contribution in [0, 0.1) is 0 Å². The Morgan fingerprint density at radius 3 is 2.68 bits per heavy atom. The number of benzene rings is 1. The normalized spacial score (nSPS) is 15.5. The Labute approximate surface area is 195 Å². The van der Waals surface area contributed by atoms with Crippen LogP contribution in [0.1, 0.15) is 17.5 Å². The molecular weight excluding hydrogens is 445 g/mol. The lowest BCUT2D eigenvalue weighted by Crippen LogP contribution is -2.41. The first kappa shape index (κ1) is 24.8. The summed E-state index contributed by atoms with van der Waals surface area (Å²) in [7, 11) is 1.67. The highest BCUT2D eigenvalue weighted by atomic mass is 19.4. The largest absolute Gasteiger partial charge is 0.457 e. The van der Waals surface area contributed by atoms with E-state index in [9.17, 15) is 18.0 Å². The molecule has 1 aliphatic rings. The molecule has 1 aromatic carbocycles. The Kier molecular flexibility index (Phi) is 8.26. The molecular formula is C25H25F3N4O2. The Morgan fingerprint density at radius 2 is 2.03 bits per heavy atom. The molecule has 0 spiro atoms. The molecule has 178 valence electrons. The highest BCUT2D eigenvalue weighted by Gasteiger charge is 2.31. The van der Waals surface area contributed by atoms with Gasteiger partial charge >= 0.3 is 6.18 Å². The molecule has 1 atom stereocenters. The van der Waals surface area contributed by atoms with Gasteiger partial charge in [0.05, 0.1) is 11.6 Å². The Morgan fingerprint density at radius 1 is 1.26 bits per heavy atom. The minimum absolute atomic E-state index is 0.167. The van der Waals surface area contributed by atoms with Gasteiger partial charge in [0.25, 0.3) is 0 Å². The molecule has 34 heavy (non-hydrogen) atoms. The number of carbonyl (C=O) groups excluding carboxylic acids is 1. The summed E-state index contributed by atoms with van der Waals surface area (Å²) in [5.74, 6) is 0.742. The minimum atomic E-state index is -4.44. The molecule has 4 N–H and O–H groups in total. The maximum atomic E-state index is 12.8. The summed E-state index contributed by atoms with van der Waals surface area (Å²) in [5.41, 5.74) is 7.27. The van der Waals surface area contributed by atoms with Crippen LogP contribution < -0.4 is 15.8 Å². The lowest BCUT2D eigenvalue weighted by atomic mass is 10.1. The standard InChI is InChI=1S/C25H25F3N4O2/c1-30-13-12-23(18-11-14-31-16-18)34-21-9-5-17(6-10-21)15-22(29)24(33)32-20-4-2-3-19(7-8-20)25(26,27)28/h2-3,5-14,16,22,31H,4,15,29H2,1H3,(H,32,33)/b23-12+,30-13-. The fourth-order valence-corrected chi connectivity index (χ4v) is 3.14. The molecule has 1 amide bonds. The van der Waals surface area contributed by atoms with Gasteiger partial charge in [0, 0.05) is 43.3 Å². The highest BCUT2D eigenvalue weighted by Crippen LogP contribution is 2.28. The van der Waals surface area contributed by atoms with Crippen molar-refractivity contribution in [1.82, 2.24) is 10.3 Å². The summed E-state index contributed by atoms with van der Waals surface area (Å²) in [6.07, 6.45) is 7.48. The van der Waals surface area contributed by atoms with E-state index in [1.165, 1.54) is 12.2 Å². The second-order valence-electron chi connectivity index (χ2n) is 7.50. The number of ether oxygens (including phenoxy) is 1. The van der Waals surface area contributed by atoms with Crippen molar-refractivity contribution in [2.24, 2.45) is 10.7 Å². The van der Waals surface area contributed by atoms with E-state index in [-0.39, 0.29) is 12.8 Å². The van der Waals surface area contributed by atoms with Crippen molar-refractivity contribution in [3.8, 4) is 5.75 Å². The van der Waals surface area contributed by atoms with E-state index in [0.29, 0.717) is 17.2 Å². The Bertz CT molecular complexity index is 1130. The van der Waals surface area contributed by atoms with Gasteiger partial charge in [-0.2, -0.15) is 13.2 Å². The van der Waals surface area contributed by atoms with Crippen LogP contribution in [-0.2, 0) is 11.2 Å². The number of allylic oxidation sites excluding steroid dienone is 6. The van der Waals surface area contributed by atoms with Gasteiger partial charge in [0.15, 0.2) is 0 Å². The van der Waals surface area contributed by atoms with Gasteiger partial charge in [-0.15, -0.1) is 0 Å². The molecule has 1 aliphatic carbocycles. The number of hydrogen-bond acceptors (Lipinski definition) is 4. The number of amides is 1. The quantitative estimate of drug-likeness (QED) is 0.393. The molecule has 2 aromatic rings. The molecule has 0 bridgehead atoms. The number of nitrogens with one attached hydrogen (secondary N) is 2. The third kappa shape index (κ3) is 7.08. The number of H-pyrrole nitrogens is 1. The molecule has 0 saturated carbocycles. The summed E-state index contributed by atoms with van der Waals surface area (Å²) >= 11 is 0. The van der Waals surface area contributed by atoms with Crippen LogP contribution in [0.15, 0.2) is 89.4 Å². The number of nitrogens with zero attached hydrogens (tertiary/aromatic N) is 1. The molecule has 1 heterocycles. The number of carbonyl (C=O) groups is 1. The number of alkyl halides is 3. The maximum absolute atomic E-state index is 12.8. The van der Waals surface area contributed by atoms with E-state index >= 15 is 0 Å². The summed E-state index contributed by atoms with van der Waals surface area (Å²) in [6.45, 7) is 0. The fraction of sp³-hybridized carbons (Fsp3) is 0.200. The molecule has 1 unspecified atom stereocenters. The Hall–Kier alpha value is -3.85. The van der Waals surface area contributed by atoms with Crippen LogP contribution in [-0.4, -0.2) is 36.4 Å². The molecule has 9 heteroatoms. The van der Waals surface area contributed by atoms with Crippen molar-refractivity contribution in [1.29, 1.82) is 0 Å². The van der Waals surface area contributed by atoms with Crippen LogP contribution in [0.2, 0.25) is 0 Å². The molecule has 1 aromatic heterocycles. The van der Waals surface area contributed by atoms with Crippen molar-refractivity contribution in [3.63, 3.8) is 0 Å². The van der Waals surface area contributed by atoms with Crippen molar-refractivity contribution in [3.05, 3.63) is 95.5 Å². The SMILES string of the molecule is C/N=C\C=C(\Oc1ccc(CC(N)C(=O)NC2=CC=C(C(F)(F)F)C=CC2)cc1)c1cc[nH]c1. The van der Waals surface area contributed by atoms with Gasteiger partial charge < -0.3 is 20.8 Å². The number of nitrogens with two attached hydrogens (primary N) is 1. The summed E-state index contributed by atoms with van der Waals surface area (Å²) in [5, 5.41) is 2.61. The average molecular weight is 470 g/mol. The van der Waals surface area contributed by atoms with E-state index in [0.717, 1.165) is 23.3 Å². The van der Waals surface area contributed by atoms with E-state index < -0.39 is 23.7 Å². The lowest BCUT2D eigenvalue weighted by Gasteiger charge is -2.14. The number of aromatic nitrogens is 1. The van der Waals surface area contributed by atoms with Gasteiger partial charge in [0.2, 0.25) is 5.91 Å². The van der Waals surface area contributed by atoms with Gasteiger partial charge in [-0.25, -0.2) is 0 Å². The number of rotatable bonds is 8. The minimum Gasteiger partial charge on any atom is -0.457 e. The number of halogens is 3. The third-order valence-corrected chi connectivity index (χ3v) is 4.91. The lowest BCUT2D eigenvalue weighted by molar-refractivity contribution is -0.121. The summed E-state index contributed by atoms with van der Waals surface area (Å²) < 4.78 is 44.4. The van der Waals surface area contributed by atoms with Crippen LogP contribution in [0.4, 0.5) is 13.2 Å². The van der Waals surface area contributed by atoms with Crippen molar-refractivity contribution in [2.45, 2.75) is 25.1 Å². The molecule has 0 fully saturated rings. The zero-order valence-corrected chi connectivity index (χ0v) is 18.5. The molecule has 6 nitrogen and oxygen atoms in total. The molecule has 0 radical (unpaired) electrons. The molecule has 3 rings (SSSR count).